The molecule has 9 heteroatoms. The second kappa shape index (κ2) is 6.76. The van der Waals surface area contributed by atoms with Crippen LogP contribution in [0.25, 0.3) is 5.65 Å². The second-order valence-electron chi connectivity index (χ2n) is 6.41. The molecule has 0 unspecified atom stereocenters. The van der Waals surface area contributed by atoms with Crippen LogP contribution in [0.15, 0.2) is 59.9 Å². The molecule has 8 nitrogen and oxygen atoms in total. The van der Waals surface area contributed by atoms with Crippen molar-refractivity contribution in [3.63, 3.8) is 0 Å². The fourth-order valence-corrected chi connectivity index (χ4v) is 4.39. The minimum Gasteiger partial charge on any atom is -0.390 e. The molecule has 4 rings (SSSR count). The molecule has 0 atom stereocenters. The monoisotopic (exact) mass is 386 g/mol. The third-order valence-electron chi connectivity index (χ3n) is 4.49. The Balaban J connectivity index is 1.40. The van der Waals surface area contributed by atoms with Gasteiger partial charge < -0.3 is 14.8 Å². The number of nitrogens with one attached hydrogen (secondary N) is 1. The summed E-state index contributed by atoms with van der Waals surface area (Å²) in [7, 11) is -3.56. The van der Waals surface area contributed by atoms with E-state index in [0.717, 1.165) is 11.2 Å². The van der Waals surface area contributed by atoms with E-state index in [1.54, 1.807) is 47.3 Å². The fourth-order valence-electron chi connectivity index (χ4n) is 2.88. The third-order valence-corrected chi connectivity index (χ3v) is 6.34. The van der Waals surface area contributed by atoms with Crippen LogP contribution in [0.3, 0.4) is 0 Å². The number of aliphatic hydroxyl groups excluding tert-OH is 1. The lowest BCUT2D eigenvalue weighted by Gasteiger charge is -2.34. The average Bonchev–Trinajstić information content (AvgIpc) is 3.11. The number of hydrogen-bond donors (Lipinski definition) is 2. The Kier molecular flexibility index (Phi) is 4.42. The number of benzene rings is 1. The zero-order valence-corrected chi connectivity index (χ0v) is 15.1. The molecular formula is C18H18N4O4S. The number of β-amino-alcohol motifs (C(OH)–C–C–N with tert-alkyl or cyclic N) is 1. The molecule has 1 aliphatic heterocycles. The molecule has 2 N–H and O–H groups in total. The van der Waals surface area contributed by atoms with Crippen molar-refractivity contribution < 1.29 is 18.3 Å². The Morgan fingerprint density at radius 3 is 2.63 bits per heavy atom. The van der Waals surface area contributed by atoms with Crippen LogP contribution in [0, 0.1) is 0 Å². The first-order valence-corrected chi connectivity index (χ1v) is 9.85. The number of carbonyl (C=O) groups excluding carboxylic acids is 1. The predicted molar refractivity (Wildman–Crippen MR) is 97.6 cm³/mol. The number of rotatable bonds is 5. The molecule has 1 saturated heterocycles. The zero-order valence-electron chi connectivity index (χ0n) is 14.3. The highest BCUT2D eigenvalue weighted by Gasteiger charge is 2.35. The maximum atomic E-state index is 12.3. The molecule has 0 radical (unpaired) electrons. The van der Waals surface area contributed by atoms with Gasteiger partial charge in [-0.05, 0) is 29.8 Å². The van der Waals surface area contributed by atoms with Gasteiger partial charge in [-0.3, -0.25) is 4.79 Å². The molecule has 1 amide bonds. The Bertz CT molecular complexity index is 1090. The van der Waals surface area contributed by atoms with Gasteiger partial charge in [0.05, 0.1) is 16.6 Å². The summed E-state index contributed by atoms with van der Waals surface area (Å²) in [5, 5.41) is 12.1. The molecule has 0 bridgehead atoms. The van der Waals surface area contributed by atoms with Crippen LogP contribution in [0.5, 0.6) is 0 Å². The van der Waals surface area contributed by atoms with E-state index in [4.69, 9.17) is 0 Å². The van der Waals surface area contributed by atoms with Gasteiger partial charge >= 0.3 is 0 Å². The highest BCUT2D eigenvalue weighted by molar-refractivity contribution is 7.89. The van der Waals surface area contributed by atoms with Crippen molar-refractivity contribution >= 4 is 21.6 Å². The van der Waals surface area contributed by atoms with E-state index in [9.17, 15) is 18.3 Å². The van der Waals surface area contributed by atoms with E-state index >= 15 is 0 Å². The van der Waals surface area contributed by atoms with Crippen molar-refractivity contribution in [1.29, 1.82) is 0 Å². The van der Waals surface area contributed by atoms with E-state index in [0.29, 0.717) is 5.56 Å². The smallest absolute Gasteiger partial charge is 0.253 e. The number of aliphatic hydroxyl groups is 1. The van der Waals surface area contributed by atoms with Crippen LogP contribution in [0.1, 0.15) is 15.9 Å². The standard InChI is InChI=1S/C18H18N4O4S/c23-15-11-22(12-15)27(25,26)16-4-1-13(2-5-16)9-20-18(24)14-3-6-17-19-7-8-21(17)10-14/h1-8,10,15,23H,9,11-12H2,(H,20,24). The van der Waals surface area contributed by atoms with Gasteiger partial charge in [-0.25, -0.2) is 13.4 Å². The maximum absolute atomic E-state index is 12.3. The number of fused-ring (bicyclic) bond motifs is 1. The number of nitrogens with zero attached hydrogens (tertiary/aromatic N) is 3. The van der Waals surface area contributed by atoms with E-state index in [1.807, 2.05) is 0 Å². The predicted octanol–water partition coefficient (Wildman–Crippen LogP) is 0.629. The molecule has 3 heterocycles. The fraction of sp³-hybridized carbons (Fsp3) is 0.222. The lowest BCUT2D eigenvalue weighted by molar-refractivity contribution is 0.0548. The number of sulfonamides is 1. The largest absolute Gasteiger partial charge is 0.390 e. The quantitative estimate of drug-likeness (QED) is 0.669. The Morgan fingerprint density at radius 2 is 1.93 bits per heavy atom. The van der Waals surface area contributed by atoms with Crippen LogP contribution in [0.4, 0.5) is 0 Å². The minimum absolute atomic E-state index is 0.126. The maximum Gasteiger partial charge on any atom is 0.253 e. The second-order valence-corrected chi connectivity index (χ2v) is 8.35. The highest BCUT2D eigenvalue weighted by atomic mass is 32.2. The van der Waals surface area contributed by atoms with Gasteiger partial charge in [0.15, 0.2) is 0 Å². The van der Waals surface area contributed by atoms with E-state index in [2.05, 4.69) is 10.3 Å². The normalized spacial score (nSPS) is 15.6. The van der Waals surface area contributed by atoms with E-state index < -0.39 is 16.1 Å². The van der Waals surface area contributed by atoms with Gasteiger partial charge in [0.1, 0.15) is 5.65 Å². The minimum atomic E-state index is -3.56. The molecular weight excluding hydrogens is 368 g/mol. The van der Waals surface area contributed by atoms with Gasteiger partial charge in [0, 0.05) is 38.2 Å². The lowest BCUT2D eigenvalue weighted by atomic mass is 10.2. The van der Waals surface area contributed by atoms with Crippen molar-refractivity contribution in [3.05, 3.63) is 66.1 Å². The van der Waals surface area contributed by atoms with Crippen molar-refractivity contribution in [1.82, 2.24) is 19.0 Å². The van der Waals surface area contributed by atoms with Crippen LogP contribution in [-0.4, -0.2) is 52.3 Å². The number of pyridine rings is 1. The Labute approximate surface area is 156 Å². The SMILES string of the molecule is O=C(NCc1ccc(S(=O)(=O)N2CC(O)C2)cc1)c1ccc2nccn2c1. The van der Waals surface area contributed by atoms with Crippen molar-refractivity contribution in [2.24, 2.45) is 0 Å². The number of amides is 1. The number of hydrogen-bond acceptors (Lipinski definition) is 5. The molecule has 140 valence electrons. The summed E-state index contributed by atoms with van der Waals surface area (Å²) in [6.45, 7) is 0.534. The summed E-state index contributed by atoms with van der Waals surface area (Å²) < 4.78 is 27.7. The van der Waals surface area contributed by atoms with Crippen molar-refractivity contribution in [2.45, 2.75) is 17.5 Å². The van der Waals surface area contributed by atoms with Gasteiger partial charge in [-0.2, -0.15) is 4.31 Å². The number of aromatic nitrogens is 2. The highest BCUT2D eigenvalue weighted by Crippen LogP contribution is 2.21. The summed E-state index contributed by atoms with van der Waals surface area (Å²) >= 11 is 0. The van der Waals surface area contributed by atoms with Gasteiger partial charge in [-0.1, -0.05) is 12.1 Å². The molecule has 3 aromatic rings. The van der Waals surface area contributed by atoms with E-state index in [1.165, 1.54) is 16.4 Å². The van der Waals surface area contributed by atoms with Crippen LogP contribution in [-0.2, 0) is 16.6 Å². The first-order chi connectivity index (χ1) is 12.9. The first-order valence-electron chi connectivity index (χ1n) is 8.41. The summed E-state index contributed by atoms with van der Waals surface area (Å²) in [5.41, 5.74) is 2.06. The molecule has 27 heavy (non-hydrogen) atoms. The Morgan fingerprint density at radius 1 is 1.19 bits per heavy atom. The average molecular weight is 386 g/mol. The first kappa shape index (κ1) is 17.7. The summed E-state index contributed by atoms with van der Waals surface area (Å²) in [6, 6.07) is 9.83. The summed E-state index contributed by atoms with van der Waals surface area (Å²) in [4.78, 5) is 16.6. The molecule has 1 fully saturated rings. The Hall–Kier alpha value is -2.75. The topological polar surface area (TPSA) is 104 Å². The van der Waals surface area contributed by atoms with Crippen LogP contribution in [0.2, 0.25) is 0 Å². The molecule has 2 aromatic heterocycles. The number of imidazole rings is 1. The molecule has 0 spiro atoms. The van der Waals surface area contributed by atoms with Gasteiger partial charge in [0.25, 0.3) is 5.91 Å². The summed E-state index contributed by atoms with van der Waals surface area (Å²) in [6.07, 6.45) is 4.54. The molecule has 0 saturated carbocycles. The van der Waals surface area contributed by atoms with Crippen LogP contribution >= 0.6 is 0 Å². The van der Waals surface area contributed by atoms with E-state index in [-0.39, 0.29) is 30.4 Å². The molecule has 1 aliphatic rings. The van der Waals surface area contributed by atoms with Crippen LogP contribution < -0.4 is 5.32 Å². The number of carbonyl (C=O) groups is 1. The van der Waals surface area contributed by atoms with Gasteiger partial charge in [-0.15, -0.1) is 0 Å². The molecule has 0 aliphatic carbocycles. The van der Waals surface area contributed by atoms with Crippen molar-refractivity contribution in [2.75, 3.05) is 13.1 Å². The third kappa shape index (κ3) is 3.44. The van der Waals surface area contributed by atoms with Gasteiger partial charge in [0.2, 0.25) is 10.0 Å². The zero-order chi connectivity index (χ0) is 19.0. The summed E-state index contributed by atoms with van der Waals surface area (Å²) in [5.74, 6) is -0.225. The molecule has 1 aromatic carbocycles. The lowest BCUT2D eigenvalue weighted by Crippen LogP contribution is -2.53. The van der Waals surface area contributed by atoms with Crippen molar-refractivity contribution in [3.8, 4) is 0 Å².